The molecular weight excluding hydrogens is 250 g/mol. The fraction of sp³-hybridized carbons (Fsp3) is 0.938. The average molecular weight is 281 g/mol. The smallest absolute Gasteiger partial charge is 0.193 e. The molecule has 0 aromatic carbocycles. The number of aliphatic imine (C=N–C) groups is 1. The number of ether oxygens (including phenoxy) is 1. The van der Waals surface area contributed by atoms with E-state index < -0.39 is 0 Å². The van der Waals surface area contributed by atoms with Gasteiger partial charge in [0.1, 0.15) is 0 Å². The van der Waals surface area contributed by atoms with Crippen molar-refractivity contribution in [1.29, 1.82) is 0 Å². The molecule has 1 spiro atoms. The predicted molar refractivity (Wildman–Crippen MR) is 84.2 cm³/mol. The van der Waals surface area contributed by atoms with E-state index in [0.717, 1.165) is 32.1 Å². The van der Waals surface area contributed by atoms with Crippen molar-refractivity contribution in [3.63, 3.8) is 0 Å². The third-order valence-electron chi connectivity index (χ3n) is 4.76. The molecule has 4 nitrogen and oxygen atoms in total. The van der Waals surface area contributed by atoms with E-state index in [9.17, 15) is 0 Å². The number of methoxy groups -OCH3 is 1. The monoisotopic (exact) mass is 281 g/mol. The minimum Gasteiger partial charge on any atom is -0.385 e. The van der Waals surface area contributed by atoms with E-state index in [1.54, 1.807) is 7.11 Å². The zero-order chi connectivity index (χ0) is 14.3. The highest BCUT2D eigenvalue weighted by molar-refractivity contribution is 5.80. The molecule has 0 atom stereocenters. The van der Waals surface area contributed by atoms with E-state index in [2.05, 4.69) is 17.1 Å². The van der Waals surface area contributed by atoms with Crippen molar-refractivity contribution in [3.8, 4) is 0 Å². The first-order chi connectivity index (χ1) is 9.79. The molecular formula is C16H31N3O. The van der Waals surface area contributed by atoms with Crippen molar-refractivity contribution < 1.29 is 4.74 Å². The molecule has 2 aliphatic rings. The molecule has 0 aromatic heterocycles. The van der Waals surface area contributed by atoms with E-state index in [1.807, 2.05) is 0 Å². The predicted octanol–water partition coefficient (Wildman–Crippen LogP) is 2.64. The second kappa shape index (κ2) is 7.87. The highest BCUT2D eigenvalue weighted by atomic mass is 16.5. The van der Waals surface area contributed by atoms with Gasteiger partial charge in [-0.05, 0) is 38.0 Å². The second-order valence-electron chi connectivity index (χ2n) is 6.31. The van der Waals surface area contributed by atoms with Crippen molar-refractivity contribution >= 4 is 5.96 Å². The summed E-state index contributed by atoms with van der Waals surface area (Å²) in [6.07, 6.45) is 9.50. The SMILES string of the molecule is CCNC(=NCCCOC)N1CCC2(CCCCC2)C1. The first-order valence-corrected chi connectivity index (χ1v) is 8.32. The number of guanidine groups is 1. The summed E-state index contributed by atoms with van der Waals surface area (Å²) >= 11 is 0. The lowest BCUT2D eigenvalue weighted by molar-refractivity contribution is 0.196. The lowest BCUT2D eigenvalue weighted by atomic mass is 9.73. The average Bonchev–Trinajstić information content (AvgIpc) is 2.87. The van der Waals surface area contributed by atoms with Crippen LogP contribution in [0.4, 0.5) is 0 Å². The summed E-state index contributed by atoms with van der Waals surface area (Å²) in [7, 11) is 1.75. The Morgan fingerprint density at radius 3 is 2.75 bits per heavy atom. The van der Waals surface area contributed by atoms with Crippen LogP contribution in [-0.4, -0.2) is 50.8 Å². The van der Waals surface area contributed by atoms with Gasteiger partial charge in [-0.3, -0.25) is 4.99 Å². The van der Waals surface area contributed by atoms with Crippen LogP contribution < -0.4 is 5.32 Å². The number of likely N-dealkylation sites (tertiary alicyclic amines) is 1. The zero-order valence-electron chi connectivity index (χ0n) is 13.3. The maximum Gasteiger partial charge on any atom is 0.193 e. The van der Waals surface area contributed by atoms with Gasteiger partial charge < -0.3 is 15.0 Å². The van der Waals surface area contributed by atoms with Gasteiger partial charge in [0.2, 0.25) is 0 Å². The molecule has 1 saturated heterocycles. The highest BCUT2D eigenvalue weighted by Gasteiger charge is 2.39. The number of nitrogens with zero attached hydrogens (tertiary/aromatic N) is 2. The van der Waals surface area contributed by atoms with E-state index in [0.29, 0.717) is 5.41 Å². The van der Waals surface area contributed by atoms with Gasteiger partial charge in [0.05, 0.1) is 0 Å². The van der Waals surface area contributed by atoms with Crippen molar-refractivity contribution in [2.75, 3.05) is 39.9 Å². The van der Waals surface area contributed by atoms with E-state index in [-0.39, 0.29) is 0 Å². The van der Waals surface area contributed by atoms with Gasteiger partial charge in [-0.1, -0.05) is 19.3 Å². The minimum absolute atomic E-state index is 0.598. The maximum atomic E-state index is 5.10. The Hall–Kier alpha value is -0.770. The van der Waals surface area contributed by atoms with Crippen molar-refractivity contribution in [2.45, 2.75) is 51.9 Å². The van der Waals surface area contributed by atoms with Gasteiger partial charge in [0.15, 0.2) is 5.96 Å². The van der Waals surface area contributed by atoms with Crippen LogP contribution in [0.2, 0.25) is 0 Å². The van der Waals surface area contributed by atoms with E-state index in [4.69, 9.17) is 9.73 Å². The van der Waals surface area contributed by atoms with Crippen LogP contribution in [0.5, 0.6) is 0 Å². The van der Waals surface area contributed by atoms with Gasteiger partial charge in [-0.15, -0.1) is 0 Å². The molecule has 0 bridgehead atoms. The second-order valence-corrected chi connectivity index (χ2v) is 6.31. The third-order valence-corrected chi connectivity index (χ3v) is 4.76. The van der Waals surface area contributed by atoms with E-state index >= 15 is 0 Å². The summed E-state index contributed by atoms with van der Waals surface area (Å²) in [6.45, 7) is 7.15. The summed E-state index contributed by atoms with van der Waals surface area (Å²) in [6, 6.07) is 0. The Balaban J connectivity index is 1.89. The molecule has 0 aromatic rings. The van der Waals surface area contributed by atoms with Crippen molar-refractivity contribution in [3.05, 3.63) is 0 Å². The van der Waals surface area contributed by atoms with E-state index in [1.165, 1.54) is 51.6 Å². The summed E-state index contributed by atoms with van der Waals surface area (Å²) in [5.41, 5.74) is 0.598. The van der Waals surface area contributed by atoms with Gasteiger partial charge in [-0.2, -0.15) is 0 Å². The van der Waals surface area contributed by atoms with Crippen LogP contribution in [0.1, 0.15) is 51.9 Å². The van der Waals surface area contributed by atoms with Crippen LogP contribution in [0.15, 0.2) is 4.99 Å². The molecule has 20 heavy (non-hydrogen) atoms. The van der Waals surface area contributed by atoms with Crippen molar-refractivity contribution in [2.24, 2.45) is 10.4 Å². The van der Waals surface area contributed by atoms with Gasteiger partial charge in [-0.25, -0.2) is 0 Å². The summed E-state index contributed by atoms with van der Waals surface area (Å²) in [5, 5.41) is 3.46. The number of hydrogen-bond acceptors (Lipinski definition) is 2. The Morgan fingerprint density at radius 1 is 1.25 bits per heavy atom. The topological polar surface area (TPSA) is 36.9 Å². The lowest BCUT2D eigenvalue weighted by Gasteiger charge is -2.33. The molecule has 1 aliphatic heterocycles. The number of rotatable bonds is 5. The molecule has 1 saturated carbocycles. The highest BCUT2D eigenvalue weighted by Crippen LogP contribution is 2.43. The number of nitrogens with one attached hydrogen (secondary N) is 1. The van der Waals surface area contributed by atoms with Gasteiger partial charge >= 0.3 is 0 Å². The summed E-state index contributed by atoms with van der Waals surface area (Å²) in [4.78, 5) is 7.25. The van der Waals surface area contributed by atoms with Crippen LogP contribution in [-0.2, 0) is 4.74 Å². The molecule has 2 rings (SSSR count). The molecule has 0 amide bonds. The Kier molecular flexibility index (Phi) is 6.14. The Morgan fingerprint density at radius 2 is 2.05 bits per heavy atom. The fourth-order valence-electron chi connectivity index (χ4n) is 3.65. The van der Waals surface area contributed by atoms with Crippen molar-refractivity contribution in [1.82, 2.24) is 10.2 Å². The molecule has 1 N–H and O–H groups in total. The number of hydrogen-bond donors (Lipinski definition) is 1. The molecule has 4 heteroatoms. The lowest BCUT2D eigenvalue weighted by Crippen LogP contribution is -2.41. The zero-order valence-corrected chi connectivity index (χ0v) is 13.3. The molecule has 116 valence electrons. The third kappa shape index (κ3) is 4.11. The first-order valence-electron chi connectivity index (χ1n) is 8.32. The molecule has 1 heterocycles. The summed E-state index contributed by atoms with van der Waals surface area (Å²) < 4.78 is 5.10. The Labute approximate surface area is 124 Å². The molecule has 0 radical (unpaired) electrons. The largest absolute Gasteiger partial charge is 0.385 e. The summed E-state index contributed by atoms with van der Waals surface area (Å²) in [5.74, 6) is 1.12. The minimum atomic E-state index is 0.598. The standard InChI is InChI=1S/C16H31N3O/c1-3-17-15(18-11-7-13-20-2)19-12-10-16(14-19)8-5-4-6-9-16/h3-14H2,1-2H3,(H,17,18). The molecule has 2 fully saturated rings. The normalized spacial score (nSPS) is 22.5. The maximum absolute atomic E-state index is 5.10. The first kappa shape index (κ1) is 15.6. The fourth-order valence-corrected chi connectivity index (χ4v) is 3.65. The van der Waals surface area contributed by atoms with Gasteiger partial charge in [0.25, 0.3) is 0 Å². The Bertz CT molecular complexity index is 311. The molecule has 1 aliphatic carbocycles. The van der Waals surface area contributed by atoms with Crippen LogP contribution in [0, 0.1) is 5.41 Å². The van der Waals surface area contributed by atoms with Crippen LogP contribution in [0.25, 0.3) is 0 Å². The van der Waals surface area contributed by atoms with Gasteiger partial charge in [0, 0.05) is 39.9 Å². The quantitative estimate of drug-likeness (QED) is 0.478. The molecule has 0 unspecified atom stereocenters. The van der Waals surface area contributed by atoms with Crippen LogP contribution >= 0.6 is 0 Å². The van der Waals surface area contributed by atoms with Crippen LogP contribution in [0.3, 0.4) is 0 Å².